The normalized spacial score (nSPS) is 11.2. The van der Waals surface area contributed by atoms with Crippen LogP contribution < -0.4 is 10.9 Å². The summed E-state index contributed by atoms with van der Waals surface area (Å²) in [4.78, 5) is 31.2. The van der Waals surface area contributed by atoms with Crippen molar-refractivity contribution < 1.29 is 9.21 Å². The Morgan fingerprint density at radius 2 is 1.92 bits per heavy atom. The molecule has 0 fully saturated rings. The molecule has 3 heterocycles. The number of carbonyl (C=O) groups excluding carboxylic acids is 1. The van der Waals surface area contributed by atoms with E-state index in [1.165, 1.54) is 23.1 Å². The maximum absolute atomic E-state index is 13.8. The third-order valence-electron chi connectivity index (χ3n) is 5.56. The van der Waals surface area contributed by atoms with E-state index < -0.39 is 0 Å². The van der Waals surface area contributed by atoms with Crippen LogP contribution in [-0.2, 0) is 11.3 Å². The van der Waals surface area contributed by atoms with Crippen molar-refractivity contribution in [1.29, 1.82) is 0 Å². The van der Waals surface area contributed by atoms with Crippen molar-refractivity contribution in [2.75, 3.05) is 5.75 Å². The van der Waals surface area contributed by atoms with E-state index in [4.69, 9.17) is 21.6 Å². The van der Waals surface area contributed by atoms with Gasteiger partial charge in [-0.15, -0.1) is 0 Å². The zero-order valence-corrected chi connectivity index (χ0v) is 22.0. The summed E-state index contributed by atoms with van der Waals surface area (Å²) in [6.45, 7) is 4.34. The molecule has 7 nitrogen and oxygen atoms in total. The van der Waals surface area contributed by atoms with Gasteiger partial charge in [-0.25, -0.2) is 4.98 Å². The molecule has 0 atom stereocenters. The average molecular weight is 535 g/mol. The maximum Gasteiger partial charge on any atom is 0.278 e. The summed E-state index contributed by atoms with van der Waals surface area (Å²) in [7, 11) is 0. The Hall–Kier alpha value is -3.47. The largest absolute Gasteiger partial charge is 0.467 e. The summed E-state index contributed by atoms with van der Waals surface area (Å²) in [6.07, 6.45) is 1.56. The molecule has 0 saturated carbocycles. The lowest BCUT2D eigenvalue weighted by molar-refractivity contribution is -0.118. The van der Waals surface area contributed by atoms with Crippen molar-refractivity contribution in [1.82, 2.24) is 19.4 Å². The first kappa shape index (κ1) is 24.2. The number of rotatable bonds is 7. The third kappa shape index (κ3) is 4.79. The van der Waals surface area contributed by atoms with E-state index in [-0.39, 0.29) is 17.2 Å². The van der Waals surface area contributed by atoms with Gasteiger partial charge < -0.3 is 9.73 Å². The van der Waals surface area contributed by atoms with E-state index >= 15 is 0 Å². The van der Waals surface area contributed by atoms with E-state index in [0.29, 0.717) is 37.5 Å². The molecule has 0 radical (unpaired) electrons. The number of nitrogens with zero attached hydrogens (tertiary/aromatic N) is 3. The zero-order valence-electron chi connectivity index (χ0n) is 19.6. The van der Waals surface area contributed by atoms with Crippen LogP contribution in [0.3, 0.4) is 0 Å². The number of thioether (sulfide) groups is 1. The topological polar surface area (TPSA) is 82.1 Å². The van der Waals surface area contributed by atoms with Gasteiger partial charge in [-0.1, -0.05) is 59.0 Å². The average Bonchev–Trinajstić information content (AvgIpc) is 3.50. The number of fused-ring (bicyclic) bond motifs is 1. The highest BCUT2D eigenvalue weighted by molar-refractivity contribution is 7.99. The lowest BCUT2D eigenvalue weighted by Crippen LogP contribution is -2.26. The van der Waals surface area contributed by atoms with Crippen molar-refractivity contribution in [2.45, 2.75) is 25.5 Å². The van der Waals surface area contributed by atoms with E-state index in [0.717, 1.165) is 16.8 Å². The Kier molecular flexibility index (Phi) is 6.90. The Bertz CT molecular complexity index is 1670. The van der Waals surface area contributed by atoms with E-state index in [1.54, 1.807) is 23.0 Å². The maximum atomic E-state index is 13.8. The number of carbonyl (C=O) groups is 1. The summed E-state index contributed by atoms with van der Waals surface area (Å²) in [6, 6.07) is 18.9. The van der Waals surface area contributed by atoms with Crippen LogP contribution in [0.25, 0.3) is 21.7 Å². The first-order valence-corrected chi connectivity index (χ1v) is 13.4. The fourth-order valence-corrected chi connectivity index (χ4v) is 6.01. The molecule has 0 aliphatic heterocycles. The summed E-state index contributed by atoms with van der Waals surface area (Å²) >= 11 is 8.13. The first-order chi connectivity index (χ1) is 17.4. The van der Waals surface area contributed by atoms with Crippen LogP contribution in [0.1, 0.15) is 16.9 Å². The third-order valence-corrected chi connectivity index (χ3v) is 7.85. The van der Waals surface area contributed by atoms with Crippen LogP contribution in [0.4, 0.5) is 0 Å². The zero-order chi connectivity index (χ0) is 25.2. The number of hydrogen-bond acceptors (Lipinski definition) is 7. The molecule has 3 aromatic heterocycles. The van der Waals surface area contributed by atoms with Gasteiger partial charge in [0.15, 0.2) is 14.8 Å². The lowest BCUT2D eigenvalue weighted by Gasteiger charge is -2.13. The Balaban J connectivity index is 1.59. The van der Waals surface area contributed by atoms with Crippen molar-refractivity contribution in [2.24, 2.45) is 0 Å². The van der Waals surface area contributed by atoms with E-state index in [9.17, 15) is 9.59 Å². The lowest BCUT2D eigenvalue weighted by atomic mass is 10.1. The molecule has 0 unspecified atom stereocenters. The van der Waals surface area contributed by atoms with Crippen LogP contribution in [0.2, 0.25) is 0 Å². The molecule has 10 heteroatoms. The highest BCUT2D eigenvalue weighted by atomic mass is 32.2. The molecule has 182 valence electrons. The summed E-state index contributed by atoms with van der Waals surface area (Å²) in [5.74, 6) is 0.557. The monoisotopic (exact) mass is 534 g/mol. The molecular formula is C26H22N4O3S3. The summed E-state index contributed by atoms with van der Waals surface area (Å²) in [5.41, 5.74) is 4.00. The van der Waals surface area contributed by atoms with Gasteiger partial charge >= 0.3 is 0 Å². The molecule has 5 rings (SSSR count). The Morgan fingerprint density at radius 3 is 2.64 bits per heavy atom. The Labute approximate surface area is 220 Å². The number of benzene rings is 2. The van der Waals surface area contributed by atoms with Crippen LogP contribution in [-0.4, -0.2) is 25.8 Å². The summed E-state index contributed by atoms with van der Waals surface area (Å²) in [5, 5.41) is 3.25. The number of para-hydroxylation sites is 1. The predicted octanol–water partition coefficient (Wildman–Crippen LogP) is 5.59. The molecule has 0 aliphatic carbocycles. The minimum atomic E-state index is -0.218. The van der Waals surface area contributed by atoms with Gasteiger partial charge in [0.05, 0.1) is 29.9 Å². The smallest absolute Gasteiger partial charge is 0.278 e. The van der Waals surface area contributed by atoms with Crippen molar-refractivity contribution in [3.8, 4) is 11.4 Å². The number of thiazole rings is 1. The Morgan fingerprint density at radius 1 is 1.11 bits per heavy atom. The molecule has 0 saturated heterocycles. The molecular weight excluding hydrogens is 513 g/mol. The van der Waals surface area contributed by atoms with Gasteiger partial charge in [-0.2, -0.15) is 0 Å². The number of aromatic nitrogens is 3. The first-order valence-electron chi connectivity index (χ1n) is 11.2. The number of amides is 1. The molecule has 2 aromatic carbocycles. The molecule has 1 amide bonds. The van der Waals surface area contributed by atoms with Gasteiger partial charge in [-0.3, -0.25) is 18.7 Å². The number of hydrogen-bond donors (Lipinski definition) is 1. The van der Waals surface area contributed by atoms with Crippen LogP contribution in [0.15, 0.2) is 81.3 Å². The molecule has 0 bridgehead atoms. The number of aryl methyl sites for hydroxylation is 2. The van der Waals surface area contributed by atoms with Crippen LogP contribution in [0, 0.1) is 17.8 Å². The second-order valence-corrected chi connectivity index (χ2v) is 10.7. The highest BCUT2D eigenvalue weighted by Gasteiger charge is 2.20. The number of furan rings is 1. The quantitative estimate of drug-likeness (QED) is 0.167. The summed E-state index contributed by atoms with van der Waals surface area (Å²) < 4.78 is 9.68. The second-order valence-electron chi connectivity index (χ2n) is 8.16. The van der Waals surface area contributed by atoms with Crippen LogP contribution in [0.5, 0.6) is 0 Å². The van der Waals surface area contributed by atoms with Gasteiger partial charge in [-0.05, 0) is 62.0 Å². The fourth-order valence-electron chi connectivity index (χ4n) is 3.89. The SMILES string of the molecule is Cc1ccc(-n2c(=S)sc3c(=O)n(-c4ccccc4)c(SCC(=O)NCc4ccco4)nc32)c(C)c1. The molecule has 5 aromatic rings. The van der Waals surface area contributed by atoms with Gasteiger partial charge in [0.1, 0.15) is 10.5 Å². The van der Waals surface area contributed by atoms with Gasteiger partial charge in [0, 0.05) is 0 Å². The molecule has 1 N–H and O–H groups in total. The molecule has 36 heavy (non-hydrogen) atoms. The van der Waals surface area contributed by atoms with E-state index in [1.807, 2.05) is 60.9 Å². The van der Waals surface area contributed by atoms with Gasteiger partial charge in [0.2, 0.25) is 5.91 Å². The van der Waals surface area contributed by atoms with Crippen LogP contribution >= 0.6 is 35.3 Å². The fraction of sp³-hybridized carbons (Fsp3) is 0.154. The minimum Gasteiger partial charge on any atom is -0.467 e. The number of nitrogens with one attached hydrogen (secondary N) is 1. The van der Waals surface area contributed by atoms with E-state index in [2.05, 4.69) is 11.4 Å². The molecule has 0 aliphatic rings. The predicted molar refractivity (Wildman–Crippen MR) is 146 cm³/mol. The second kappa shape index (κ2) is 10.3. The molecule has 0 spiro atoms. The van der Waals surface area contributed by atoms with Crippen molar-refractivity contribution in [3.05, 3.63) is 98.1 Å². The minimum absolute atomic E-state index is 0.0833. The van der Waals surface area contributed by atoms with Crippen molar-refractivity contribution in [3.63, 3.8) is 0 Å². The van der Waals surface area contributed by atoms with Gasteiger partial charge in [0.25, 0.3) is 5.56 Å². The highest BCUT2D eigenvalue weighted by Crippen LogP contribution is 2.29. The van der Waals surface area contributed by atoms with Crippen molar-refractivity contribution >= 4 is 51.6 Å². The standard InChI is InChI=1S/C26H22N4O3S3/c1-16-10-11-20(17(2)13-16)30-23-22(36-26(30)34)24(32)29(18-7-4-3-5-8-18)25(28-23)35-15-21(31)27-14-19-9-6-12-33-19/h3-13H,14-15H2,1-2H3,(H,27,31).